The highest BCUT2D eigenvalue weighted by atomic mass is 14.1. The van der Waals surface area contributed by atoms with Crippen molar-refractivity contribution in [2.45, 2.75) is 19.8 Å². The predicted molar refractivity (Wildman–Crippen MR) is 61.3 cm³/mol. The third-order valence-corrected chi connectivity index (χ3v) is 2.81. The van der Waals surface area contributed by atoms with Gasteiger partial charge < -0.3 is 0 Å². The zero-order chi connectivity index (χ0) is 9.80. The molecule has 0 saturated carbocycles. The van der Waals surface area contributed by atoms with Crippen molar-refractivity contribution >= 4 is 0 Å². The van der Waals surface area contributed by atoms with Gasteiger partial charge in [-0.2, -0.15) is 0 Å². The standard InChI is InChI=1S/C14H16/c1-12-7-5-6-10-14(12)11-13-8-3-2-4-9-13/h2-8,10,13H,9,11H2,1H3. The van der Waals surface area contributed by atoms with E-state index in [1.165, 1.54) is 24.0 Å². The Morgan fingerprint density at radius 3 is 2.79 bits per heavy atom. The molecule has 1 aliphatic carbocycles. The van der Waals surface area contributed by atoms with Gasteiger partial charge in [-0.25, -0.2) is 0 Å². The van der Waals surface area contributed by atoms with Gasteiger partial charge in [0.1, 0.15) is 0 Å². The van der Waals surface area contributed by atoms with Crippen molar-refractivity contribution in [3.05, 3.63) is 59.7 Å². The summed E-state index contributed by atoms with van der Waals surface area (Å²) in [7, 11) is 0. The lowest BCUT2D eigenvalue weighted by molar-refractivity contribution is 0.651. The lowest BCUT2D eigenvalue weighted by atomic mass is 9.91. The number of rotatable bonds is 2. The topological polar surface area (TPSA) is 0 Å². The minimum absolute atomic E-state index is 0.695. The first-order chi connectivity index (χ1) is 6.86. The number of hydrogen-bond acceptors (Lipinski definition) is 0. The summed E-state index contributed by atoms with van der Waals surface area (Å²) < 4.78 is 0. The van der Waals surface area contributed by atoms with Crippen LogP contribution in [0.3, 0.4) is 0 Å². The first kappa shape index (κ1) is 9.26. The lowest BCUT2D eigenvalue weighted by Crippen LogP contribution is -2.03. The molecular formula is C14H16. The zero-order valence-corrected chi connectivity index (χ0v) is 8.61. The summed E-state index contributed by atoms with van der Waals surface area (Å²) >= 11 is 0. The van der Waals surface area contributed by atoms with E-state index in [0.717, 1.165) is 0 Å². The second-order valence-corrected chi connectivity index (χ2v) is 3.94. The first-order valence-corrected chi connectivity index (χ1v) is 5.24. The Kier molecular flexibility index (Phi) is 2.83. The van der Waals surface area contributed by atoms with Crippen LogP contribution in [0.1, 0.15) is 17.5 Å². The molecule has 0 bridgehead atoms. The molecule has 0 saturated heterocycles. The molecule has 0 nitrogen and oxygen atoms in total. The Morgan fingerprint density at radius 2 is 2.07 bits per heavy atom. The van der Waals surface area contributed by atoms with Crippen molar-refractivity contribution in [2.24, 2.45) is 5.92 Å². The third-order valence-electron chi connectivity index (χ3n) is 2.81. The molecule has 0 heterocycles. The predicted octanol–water partition coefficient (Wildman–Crippen LogP) is 3.67. The molecule has 1 atom stereocenters. The van der Waals surface area contributed by atoms with Crippen LogP contribution in [0, 0.1) is 12.8 Å². The lowest BCUT2D eigenvalue weighted by Gasteiger charge is -2.14. The smallest absolute Gasteiger partial charge is 0.0155 e. The fraction of sp³-hybridized carbons (Fsp3) is 0.286. The Hall–Kier alpha value is -1.30. The second-order valence-electron chi connectivity index (χ2n) is 3.94. The van der Waals surface area contributed by atoms with E-state index in [9.17, 15) is 0 Å². The average Bonchev–Trinajstić information content (AvgIpc) is 2.23. The van der Waals surface area contributed by atoms with Crippen molar-refractivity contribution in [1.82, 2.24) is 0 Å². The van der Waals surface area contributed by atoms with E-state index in [0.29, 0.717) is 5.92 Å². The summed E-state index contributed by atoms with van der Waals surface area (Å²) in [5.74, 6) is 0.695. The quantitative estimate of drug-likeness (QED) is 0.658. The maximum absolute atomic E-state index is 2.31. The van der Waals surface area contributed by atoms with Crippen LogP contribution in [-0.4, -0.2) is 0 Å². The van der Waals surface area contributed by atoms with Gasteiger partial charge in [-0.1, -0.05) is 48.6 Å². The van der Waals surface area contributed by atoms with Gasteiger partial charge >= 0.3 is 0 Å². The summed E-state index contributed by atoms with van der Waals surface area (Å²) in [6, 6.07) is 8.67. The fourth-order valence-electron chi connectivity index (χ4n) is 1.90. The molecule has 0 spiro atoms. The highest BCUT2D eigenvalue weighted by Crippen LogP contribution is 2.19. The van der Waals surface area contributed by atoms with Crippen LogP contribution in [0.2, 0.25) is 0 Å². The Morgan fingerprint density at radius 1 is 1.21 bits per heavy atom. The molecule has 1 unspecified atom stereocenters. The number of benzene rings is 1. The van der Waals surface area contributed by atoms with Crippen LogP contribution in [0.5, 0.6) is 0 Å². The molecule has 0 aromatic heterocycles. The van der Waals surface area contributed by atoms with Gasteiger partial charge in [0.05, 0.1) is 0 Å². The van der Waals surface area contributed by atoms with Gasteiger partial charge in [-0.3, -0.25) is 0 Å². The minimum atomic E-state index is 0.695. The molecule has 1 aliphatic rings. The average molecular weight is 184 g/mol. The van der Waals surface area contributed by atoms with Crippen LogP contribution in [0.25, 0.3) is 0 Å². The molecule has 2 rings (SSSR count). The van der Waals surface area contributed by atoms with Crippen LogP contribution in [0.15, 0.2) is 48.6 Å². The molecule has 0 aliphatic heterocycles. The number of aryl methyl sites for hydroxylation is 1. The molecule has 1 aromatic carbocycles. The van der Waals surface area contributed by atoms with Gasteiger partial charge in [0.2, 0.25) is 0 Å². The number of hydrogen-bond donors (Lipinski definition) is 0. The van der Waals surface area contributed by atoms with Crippen LogP contribution >= 0.6 is 0 Å². The zero-order valence-electron chi connectivity index (χ0n) is 8.61. The van der Waals surface area contributed by atoms with Crippen LogP contribution in [-0.2, 0) is 6.42 Å². The molecule has 1 aromatic rings. The highest BCUT2D eigenvalue weighted by molar-refractivity contribution is 5.27. The van der Waals surface area contributed by atoms with Crippen LogP contribution < -0.4 is 0 Å². The van der Waals surface area contributed by atoms with Crippen LogP contribution in [0.4, 0.5) is 0 Å². The summed E-state index contributed by atoms with van der Waals surface area (Å²) in [6.07, 6.45) is 11.2. The van der Waals surface area contributed by atoms with Gasteiger partial charge in [0, 0.05) is 0 Å². The Bertz CT molecular complexity index is 358. The second kappa shape index (κ2) is 4.28. The third kappa shape index (κ3) is 2.14. The highest BCUT2D eigenvalue weighted by Gasteiger charge is 2.07. The molecule has 0 amide bonds. The number of allylic oxidation sites excluding steroid dienone is 4. The summed E-state index contributed by atoms with van der Waals surface area (Å²) in [4.78, 5) is 0. The van der Waals surface area contributed by atoms with Gasteiger partial charge in [0.15, 0.2) is 0 Å². The molecule has 0 heteroatoms. The van der Waals surface area contributed by atoms with E-state index in [2.05, 4.69) is 55.5 Å². The summed E-state index contributed by atoms with van der Waals surface area (Å²) in [5.41, 5.74) is 2.90. The maximum atomic E-state index is 2.31. The van der Waals surface area contributed by atoms with E-state index in [1.54, 1.807) is 0 Å². The molecule has 0 fully saturated rings. The summed E-state index contributed by atoms with van der Waals surface area (Å²) in [5, 5.41) is 0. The van der Waals surface area contributed by atoms with Crippen molar-refractivity contribution in [3.63, 3.8) is 0 Å². The monoisotopic (exact) mass is 184 g/mol. The maximum Gasteiger partial charge on any atom is -0.0155 e. The van der Waals surface area contributed by atoms with E-state index >= 15 is 0 Å². The molecule has 72 valence electrons. The van der Waals surface area contributed by atoms with Gasteiger partial charge in [0.25, 0.3) is 0 Å². The molecule has 0 N–H and O–H groups in total. The van der Waals surface area contributed by atoms with Crippen molar-refractivity contribution in [2.75, 3.05) is 0 Å². The minimum Gasteiger partial charge on any atom is -0.0840 e. The van der Waals surface area contributed by atoms with Crippen molar-refractivity contribution in [3.8, 4) is 0 Å². The van der Waals surface area contributed by atoms with E-state index in [-0.39, 0.29) is 0 Å². The molecular weight excluding hydrogens is 168 g/mol. The van der Waals surface area contributed by atoms with E-state index in [1.807, 2.05) is 0 Å². The Balaban J connectivity index is 2.07. The molecule has 0 radical (unpaired) electrons. The fourth-order valence-corrected chi connectivity index (χ4v) is 1.90. The summed E-state index contributed by atoms with van der Waals surface area (Å²) in [6.45, 7) is 2.19. The molecule has 14 heavy (non-hydrogen) atoms. The first-order valence-electron chi connectivity index (χ1n) is 5.24. The normalized spacial score (nSPS) is 19.9. The van der Waals surface area contributed by atoms with E-state index in [4.69, 9.17) is 0 Å². The largest absolute Gasteiger partial charge is 0.0840 e. The SMILES string of the molecule is Cc1ccccc1CC1C=CC=CC1. The van der Waals surface area contributed by atoms with Crippen molar-refractivity contribution < 1.29 is 0 Å². The Labute approximate surface area is 86.0 Å². The van der Waals surface area contributed by atoms with Crippen molar-refractivity contribution in [1.29, 1.82) is 0 Å². The van der Waals surface area contributed by atoms with Gasteiger partial charge in [-0.15, -0.1) is 0 Å². The van der Waals surface area contributed by atoms with E-state index < -0.39 is 0 Å². The van der Waals surface area contributed by atoms with Gasteiger partial charge in [-0.05, 0) is 36.8 Å².